The Morgan fingerprint density at radius 1 is 0.957 bits per heavy atom. The van der Waals surface area contributed by atoms with E-state index in [0.29, 0.717) is 19.6 Å². The highest BCUT2D eigenvalue weighted by Gasteiger charge is 2.37. The Labute approximate surface area is 138 Å². The molecule has 128 valence electrons. The summed E-state index contributed by atoms with van der Waals surface area (Å²) >= 11 is 0. The van der Waals surface area contributed by atoms with Gasteiger partial charge in [-0.05, 0) is 43.4 Å². The normalized spacial score (nSPS) is 25.2. The SMILES string of the molecule is O=S(=O)(N1CCCCCC1)N1CCCC[C@@H]1c1cccc(F)c1. The van der Waals surface area contributed by atoms with Gasteiger partial charge >= 0.3 is 0 Å². The van der Waals surface area contributed by atoms with E-state index in [1.807, 2.05) is 6.07 Å². The van der Waals surface area contributed by atoms with E-state index < -0.39 is 10.2 Å². The maximum atomic E-state index is 13.6. The molecule has 0 amide bonds. The van der Waals surface area contributed by atoms with E-state index in [2.05, 4.69) is 0 Å². The van der Waals surface area contributed by atoms with Gasteiger partial charge in [0.15, 0.2) is 0 Å². The smallest absolute Gasteiger partial charge is 0.207 e. The van der Waals surface area contributed by atoms with Crippen LogP contribution >= 0.6 is 0 Å². The lowest BCUT2D eigenvalue weighted by Crippen LogP contribution is -2.47. The van der Waals surface area contributed by atoms with Crippen molar-refractivity contribution in [2.45, 2.75) is 51.0 Å². The summed E-state index contributed by atoms with van der Waals surface area (Å²) < 4.78 is 43.1. The summed E-state index contributed by atoms with van der Waals surface area (Å²) in [6.45, 7) is 1.74. The van der Waals surface area contributed by atoms with Crippen LogP contribution in [0.15, 0.2) is 24.3 Å². The lowest BCUT2D eigenvalue weighted by Gasteiger charge is -2.38. The molecule has 23 heavy (non-hydrogen) atoms. The van der Waals surface area contributed by atoms with Crippen LogP contribution in [0.4, 0.5) is 4.39 Å². The van der Waals surface area contributed by atoms with Crippen molar-refractivity contribution in [3.63, 3.8) is 0 Å². The zero-order valence-corrected chi connectivity index (χ0v) is 14.3. The molecule has 0 unspecified atom stereocenters. The van der Waals surface area contributed by atoms with Crippen LogP contribution in [0.1, 0.15) is 56.6 Å². The maximum absolute atomic E-state index is 13.6. The molecule has 4 nitrogen and oxygen atoms in total. The predicted molar refractivity (Wildman–Crippen MR) is 88.7 cm³/mol. The van der Waals surface area contributed by atoms with Crippen molar-refractivity contribution in [1.29, 1.82) is 0 Å². The largest absolute Gasteiger partial charge is 0.282 e. The lowest BCUT2D eigenvalue weighted by atomic mass is 9.97. The minimum Gasteiger partial charge on any atom is -0.207 e. The average molecular weight is 340 g/mol. The zero-order valence-electron chi connectivity index (χ0n) is 13.5. The number of nitrogens with zero attached hydrogens (tertiary/aromatic N) is 2. The standard InChI is InChI=1S/C17H25FN2O2S/c18-16-9-7-8-15(14-16)17-10-3-6-13-20(17)23(21,22)19-11-4-1-2-5-12-19/h7-9,14,17H,1-6,10-13H2/t17-/m1/s1. The van der Waals surface area contributed by atoms with Crippen molar-refractivity contribution in [1.82, 2.24) is 8.61 Å². The van der Waals surface area contributed by atoms with Crippen molar-refractivity contribution >= 4 is 10.2 Å². The molecule has 2 heterocycles. The fourth-order valence-electron chi connectivity index (χ4n) is 3.65. The molecule has 0 aromatic heterocycles. The average Bonchev–Trinajstić information content (AvgIpc) is 2.85. The quantitative estimate of drug-likeness (QED) is 0.845. The first kappa shape index (κ1) is 16.9. The summed E-state index contributed by atoms with van der Waals surface area (Å²) in [6.07, 6.45) is 6.66. The number of benzene rings is 1. The van der Waals surface area contributed by atoms with Crippen molar-refractivity contribution in [3.05, 3.63) is 35.6 Å². The van der Waals surface area contributed by atoms with E-state index in [0.717, 1.165) is 50.5 Å². The molecule has 0 saturated carbocycles. The molecule has 3 rings (SSSR count). The third kappa shape index (κ3) is 3.75. The molecule has 0 bridgehead atoms. The first-order valence-electron chi connectivity index (χ1n) is 8.61. The Kier molecular flexibility index (Phi) is 5.34. The second-order valence-corrected chi connectivity index (χ2v) is 8.38. The molecule has 2 aliphatic rings. The van der Waals surface area contributed by atoms with Crippen LogP contribution in [0.25, 0.3) is 0 Å². The molecule has 6 heteroatoms. The Bertz CT molecular complexity index is 627. The highest BCUT2D eigenvalue weighted by molar-refractivity contribution is 7.86. The number of halogens is 1. The molecule has 0 radical (unpaired) electrons. The molecule has 0 aliphatic carbocycles. The van der Waals surface area contributed by atoms with Crippen molar-refractivity contribution in [2.75, 3.05) is 19.6 Å². The lowest BCUT2D eigenvalue weighted by molar-refractivity contribution is 0.233. The predicted octanol–water partition coefficient (Wildman–Crippen LogP) is 3.47. The summed E-state index contributed by atoms with van der Waals surface area (Å²) in [5, 5.41) is 0. The highest BCUT2D eigenvalue weighted by atomic mass is 32.2. The van der Waals surface area contributed by atoms with E-state index in [1.54, 1.807) is 14.7 Å². The van der Waals surface area contributed by atoms with Gasteiger partial charge in [0.05, 0.1) is 6.04 Å². The first-order valence-corrected chi connectivity index (χ1v) is 10.0. The second kappa shape index (κ2) is 7.28. The summed E-state index contributed by atoms with van der Waals surface area (Å²) in [4.78, 5) is 0. The summed E-state index contributed by atoms with van der Waals surface area (Å²) in [5.41, 5.74) is 0.767. The summed E-state index contributed by atoms with van der Waals surface area (Å²) in [6, 6.07) is 6.13. The Balaban J connectivity index is 1.88. The Morgan fingerprint density at radius 3 is 2.35 bits per heavy atom. The van der Waals surface area contributed by atoms with Gasteiger partial charge in [0.1, 0.15) is 5.82 Å². The second-order valence-electron chi connectivity index (χ2n) is 6.50. The van der Waals surface area contributed by atoms with Crippen LogP contribution in [0.2, 0.25) is 0 Å². The zero-order chi connectivity index (χ0) is 16.3. The molecule has 1 atom stereocenters. The van der Waals surface area contributed by atoms with Crippen LogP contribution in [-0.4, -0.2) is 36.7 Å². The van der Waals surface area contributed by atoms with Crippen molar-refractivity contribution < 1.29 is 12.8 Å². The molecule has 2 aliphatic heterocycles. The topological polar surface area (TPSA) is 40.6 Å². The van der Waals surface area contributed by atoms with Gasteiger partial charge in [-0.25, -0.2) is 4.39 Å². The minimum absolute atomic E-state index is 0.243. The molecule has 2 saturated heterocycles. The third-order valence-corrected chi connectivity index (χ3v) is 6.92. The molecule has 0 N–H and O–H groups in total. The van der Waals surface area contributed by atoms with Gasteiger partial charge in [-0.3, -0.25) is 0 Å². The summed E-state index contributed by atoms with van der Waals surface area (Å²) in [5.74, 6) is -0.305. The molecule has 2 fully saturated rings. The Hall–Kier alpha value is -0.980. The highest BCUT2D eigenvalue weighted by Crippen LogP contribution is 2.34. The van der Waals surface area contributed by atoms with E-state index in [-0.39, 0.29) is 11.9 Å². The fraction of sp³-hybridized carbons (Fsp3) is 0.647. The molecular weight excluding hydrogens is 315 g/mol. The molecule has 1 aromatic carbocycles. The van der Waals surface area contributed by atoms with E-state index in [9.17, 15) is 12.8 Å². The summed E-state index contributed by atoms with van der Waals surface area (Å²) in [7, 11) is -3.47. The number of rotatable bonds is 3. The van der Waals surface area contributed by atoms with E-state index in [1.165, 1.54) is 12.1 Å². The van der Waals surface area contributed by atoms with E-state index in [4.69, 9.17) is 0 Å². The monoisotopic (exact) mass is 340 g/mol. The Morgan fingerprint density at radius 2 is 1.65 bits per heavy atom. The number of piperidine rings is 1. The van der Waals surface area contributed by atoms with Gasteiger partial charge in [-0.1, -0.05) is 31.4 Å². The third-order valence-electron chi connectivity index (χ3n) is 4.87. The van der Waals surface area contributed by atoms with Crippen LogP contribution in [0, 0.1) is 5.82 Å². The van der Waals surface area contributed by atoms with Gasteiger partial charge in [0.2, 0.25) is 0 Å². The maximum Gasteiger partial charge on any atom is 0.282 e. The van der Waals surface area contributed by atoms with Gasteiger partial charge < -0.3 is 0 Å². The first-order chi connectivity index (χ1) is 11.1. The molecule has 1 aromatic rings. The number of hydrogen-bond donors (Lipinski definition) is 0. The van der Waals surface area contributed by atoms with Crippen LogP contribution in [0.5, 0.6) is 0 Å². The fourth-order valence-corrected chi connectivity index (χ4v) is 5.57. The van der Waals surface area contributed by atoms with Crippen LogP contribution in [-0.2, 0) is 10.2 Å². The van der Waals surface area contributed by atoms with Crippen molar-refractivity contribution in [2.24, 2.45) is 0 Å². The van der Waals surface area contributed by atoms with Gasteiger partial charge in [-0.2, -0.15) is 17.0 Å². The van der Waals surface area contributed by atoms with Gasteiger partial charge in [0, 0.05) is 19.6 Å². The number of hydrogen-bond acceptors (Lipinski definition) is 2. The van der Waals surface area contributed by atoms with Crippen molar-refractivity contribution in [3.8, 4) is 0 Å². The van der Waals surface area contributed by atoms with E-state index >= 15 is 0 Å². The van der Waals surface area contributed by atoms with Crippen LogP contribution in [0.3, 0.4) is 0 Å². The minimum atomic E-state index is -3.47. The van der Waals surface area contributed by atoms with Crippen LogP contribution < -0.4 is 0 Å². The molecular formula is C17H25FN2O2S. The molecule has 0 spiro atoms. The van der Waals surface area contributed by atoms with Gasteiger partial charge in [0.25, 0.3) is 10.2 Å². The van der Waals surface area contributed by atoms with Gasteiger partial charge in [-0.15, -0.1) is 0 Å².